The van der Waals surface area contributed by atoms with Gasteiger partial charge in [-0.25, -0.2) is 9.48 Å². The molecule has 18 heavy (non-hydrogen) atoms. The molecule has 1 amide bonds. The smallest absolute Gasteiger partial charge is 0.354 e. The van der Waals surface area contributed by atoms with E-state index in [1.54, 1.807) is 0 Å². The zero-order valence-electron chi connectivity index (χ0n) is 10.6. The number of aromatic carboxylic acids is 1. The van der Waals surface area contributed by atoms with Crippen molar-refractivity contribution in [3.05, 3.63) is 18.0 Å². The lowest BCUT2D eigenvalue weighted by molar-refractivity contribution is -0.121. The maximum absolute atomic E-state index is 11.6. The predicted octanol–water partition coefficient (Wildman–Crippen LogP) is -0.351. The number of carboxylic acid groups (broad SMARTS) is 1. The zero-order valence-corrected chi connectivity index (χ0v) is 10.6. The molecule has 0 aliphatic rings. The van der Waals surface area contributed by atoms with Gasteiger partial charge in [0, 0.05) is 12.7 Å². The fourth-order valence-electron chi connectivity index (χ4n) is 1.46. The normalized spacial score (nSPS) is 10.6. The molecule has 7 heteroatoms. The Labute approximate surface area is 105 Å². The van der Waals surface area contributed by atoms with Gasteiger partial charge < -0.3 is 15.3 Å². The number of rotatable bonds is 7. The Balaban J connectivity index is 2.36. The maximum Gasteiger partial charge on any atom is 0.354 e. The Morgan fingerprint density at radius 3 is 2.83 bits per heavy atom. The van der Waals surface area contributed by atoms with Gasteiger partial charge in [-0.05, 0) is 33.1 Å². The lowest BCUT2D eigenvalue weighted by Gasteiger charge is -2.10. The van der Waals surface area contributed by atoms with E-state index in [0.29, 0.717) is 6.54 Å². The van der Waals surface area contributed by atoms with Crippen LogP contribution >= 0.6 is 0 Å². The van der Waals surface area contributed by atoms with Crippen molar-refractivity contribution < 1.29 is 14.7 Å². The SMILES string of the molecule is CN(C)CCCNC(=O)Cn1nccc1C(=O)O. The quantitative estimate of drug-likeness (QED) is 0.649. The summed E-state index contributed by atoms with van der Waals surface area (Å²) in [7, 11) is 3.93. The monoisotopic (exact) mass is 254 g/mol. The van der Waals surface area contributed by atoms with Gasteiger partial charge in [0.2, 0.25) is 5.91 Å². The molecular formula is C11H18N4O3. The van der Waals surface area contributed by atoms with Gasteiger partial charge in [-0.15, -0.1) is 0 Å². The number of nitrogens with zero attached hydrogens (tertiary/aromatic N) is 3. The molecule has 0 spiro atoms. The van der Waals surface area contributed by atoms with Crippen molar-refractivity contribution in [1.82, 2.24) is 20.0 Å². The third-order valence-electron chi connectivity index (χ3n) is 2.33. The van der Waals surface area contributed by atoms with Crippen molar-refractivity contribution in [2.24, 2.45) is 0 Å². The first-order valence-corrected chi connectivity index (χ1v) is 5.67. The molecule has 7 nitrogen and oxygen atoms in total. The number of carbonyl (C=O) groups is 2. The number of carbonyl (C=O) groups excluding carboxylic acids is 1. The molecule has 0 saturated heterocycles. The molecule has 100 valence electrons. The van der Waals surface area contributed by atoms with Crippen LogP contribution in [0.2, 0.25) is 0 Å². The third kappa shape index (κ3) is 4.54. The summed E-state index contributed by atoms with van der Waals surface area (Å²) < 4.78 is 1.17. The molecule has 0 atom stereocenters. The molecule has 0 radical (unpaired) electrons. The average Bonchev–Trinajstić information content (AvgIpc) is 2.72. The largest absolute Gasteiger partial charge is 0.477 e. The summed E-state index contributed by atoms with van der Waals surface area (Å²) in [6.07, 6.45) is 2.21. The van der Waals surface area contributed by atoms with Crippen LogP contribution < -0.4 is 5.32 Å². The van der Waals surface area contributed by atoms with E-state index in [-0.39, 0.29) is 18.1 Å². The van der Waals surface area contributed by atoms with Crippen LogP contribution in [0.1, 0.15) is 16.9 Å². The summed E-state index contributed by atoms with van der Waals surface area (Å²) >= 11 is 0. The minimum atomic E-state index is -1.09. The van der Waals surface area contributed by atoms with E-state index >= 15 is 0 Å². The van der Waals surface area contributed by atoms with Gasteiger partial charge in [-0.1, -0.05) is 0 Å². The van der Waals surface area contributed by atoms with Gasteiger partial charge in [0.15, 0.2) is 0 Å². The number of hydrogen-bond donors (Lipinski definition) is 2. The van der Waals surface area contributed by atoms with Crippen molar-refractivity contribution in [3.8, 4) is 0 Å². The maximum atomic E-state index is 11.6. The highest BCUT2D eigenvalue weighted by Gasteiger charge is 2.12. The summed E-state index contributed by atoms with van der Waals surface area (Å²) in [4.78, 5) is 24.4. The third-order valence-corrected chi connectivity index (χ3v) is 2.33. The number of nitrogens with one attached hydrogen (secondary N) is 1. The van der Waals surface area contributed by atoms with E-state index < -0.39 is 5.97 Å². The molecule has 1 aromatic heterocycles. The molecule has 0 unspecified atom stereocenters. The van der Waals surface area contributed by atoms with Crippen LogP contribution in [0.4, 0.5) is 0 Å². The highest BCUT2D eigenvalue weighted by molar-refractivity contribution is 5.86. The molecular weight excluding hydrogens is 236 g/mol. The number of hydrogen-bond acceptors (Lipinski definition) is 4. The molecule has 0 aromatic carbocycles. The number of aromatic nitrogens is 2. The number of carboxylic acids is 1. The van der Waals surface area contributed by atoms with Gasteiger partial charge in [-0.3, -0.25) is 4.79 Å². The summed E-state index contributed by atoms with van der Waals surface area (Å²) in [6.45, 7) is 1.39. The van der Waals surface area contributed by atoms with Gasteiger partial charge in [0.25, 0.3) is 0 Å². The topological polar surface area (TPSA) is 87.5 Å². The first-order chi connectivity index (χ1) is 8.50. The second kappa shape index (κ2) is 6.75. The van der Waals surface area contributed by atoms with Gasteiger partial charge >= 0.3 is 5.97 Å². The summed E-state index contributed by atoms with van der Waals surface area (Å²) in [5.41, 5.74) is 0.0124. The van der Waals surface area contributed by atoms with Crippen LogP contribution in [0.5, 0.6) is 0 Å². The molecule has 1 rings (SSSR count). The molecule has 1 aromatic rings. The van der Waals surface area contributed by atoms with E-state index in [1.807, 2.05) is 19.0 Å². The Bertz CT molecular complexity index is 414. The molecule has 0 fully saturated rings. The molecule has 0 aliphatic carbocycles. The van der Waals surface area contributed by atoms with Crippen LogP contribution in [0, 0.1) is 0 Å². The molecule has 0 aliphatic heterocycles. The Morgan fingerprint density at radius 2 is 2.22 bits per heavy atom. The fourth-order valence-corrected chi connectivity index (χ4v) is 1.46. The van der Waals surface area contributed by atoms with E-state index in [2.05, 4.69) is 10.4 Å². The van der Waals surface area contributed by atoms with Crippen LogP contribution in [-0.2, 0) is 11.3 Å². The van der Waals surface area contributed by atoms with Crippen molar-refractivity contribution >= 4 is 11.9 Å². The zero-order chi connectivity index (χ0) is 13.5. The Morgan fingerprint density at radius 1 is 1.50 bits per heavy atom. The second-order valence-electron chi connectivity index (χ2n) is 4.19. The van der Waals surface area contributed by atoms with Crippen LogP contribution in [0.15, 0.2) is 12.3 Å². The lowest BCUT2D eigenvalue weighted by atomic mass is 10.4. The van der Waals surface area contributed by atoms with Crippen LogP contribution in [-0.4, -0.2) is 58.8 Å². The highest BCUT2D eigenvalue weighted by Crippen LogP contribution is 1.98. The van der Waals surface area contributed by atoms with Crippen LogP contribution in [0.25, 0.3) is 0 Å². The van der Waals surface area contributed by atoms with E-state index in [1.165, 1.54) is 16.9 Å². The van der Waals surface area contributed by atoms with Crippen molar-refractivity contribution in [1.29, 1.82) is 0 Å². The standard InChI is InChI=1S/C11H18N4O3/c1-14(2)7-3-5-12-10(16)8-15-9(11(17)18)4-6-13-15/h4,6H,3,5,7-8H2,1-2H3,(H,12,16)(H,17,18). The van der Waals surface area contributed by atoms with Crippen molar-refractivity contribution in [2.45, 2.75) is 13.0 Å². The fraction of sp³-hybridized carbons (Fsp3) is 0.545. The molecule has 1 heterocycles. The minimum Gasteiger partial charge on any atom is -0.477 e. The Kier molecular flexibility index (Phi) is 5.31. The summed E-state index contributed by atoms with van der Waals surface area (Å²) in [6, 6.07) is 1.36. The first kappa shape index (κ1) is 14.2. The number of amides is 1. The van der Waals surface area contributed by atoms with Crippen molar-refractivity contribution in [2.75, 3.05) is 27.2 Å². The Hall–Kier alpha value is -1.89. The predicted molar refractivity (Wildman–Crippen MR) is 65.4 cm³/mol. The van der Waals surface area contributed by atoms with Gasteiger partial charge in [0.1, 0.15) is 12.2 Å². The molecule has 2 N–H and O–H groups in total. The van der Waals surface area contributed by atoms with Crippen molar-refractivity contribution in [3.63, 3.8) is 0 Å². The molecule has 0 bridgehead atoms. The first-order valence-electron chi connectivity index (χ1n) is 5.67. The average molecular weight is 254 g/mol. The van der Waals surface area contributed by atoms with Gasteiger partial charge in [0.05, 0.1) is 0 Å². The van der Waals surface area contributed by atoms with E-state index in [4.69, 9.17) is 5.11 Å². The highest BCUT2D eigenvalue weighted by atomic mass is 16.4. The summed E-state index contributed by atoms with van der Waals surface area (Å²) in [5, 5.41) is 15.4. The van der Waals surface area contributed by atoms with Gasteiger partial charge in [-0.2, -0.15) is 5.10 Å². The van der Waals surface area contributed by atoms with E-state index in [0.717, 1.165) is 13.0 Å². The van der Waals surface area contributed by atoms with Crippen LogP contribution in [0.3, 0.4) is 0 Å². The lowest BCUT2D eigenvalue weighted by Crippen LogP contribution is -2.31. The molecule has 0 saturated carbocycles. The second-order valence-corrected chi connectivity index (χ2v) is 4.19. The summed E-state index contributed by atoms with van der Waals surface area (Å²) in [5.74, 6) is -1.33. The van der Waals surface area contributed by atoms with E-state index in [9.17, 15) is 9.59 Å². The minimum absolute atomic E-state index is 0.0124.